The van der Waals surface area contributed by atoms with E-state index in [9.17, 15) is 4.79 Å². The lowest BCUT2D eigenvalue weighted by Crippen LogP contribution is -2.38. The fourth-order valence-corrected chi connectivity index (χ4v) is 3.55. The van der Waals surface area contributed by atoms with Crippen LogP contribution in [0.15, 0.2) is 42.5 Å². The molecule has 3 heteroatoms. The van der Waals surface area contributed by atoms with E-state index in [0.717, 1.165) is 30.6 Å². The minimum Gasteiger partial charge on any atom is -0.481 e. The van der Waals surface area contributed by atoms with Gasteiger partial charge in [-0.2, -0.15) is 0 Å². The van der Waals surface area contributed by atoms with E-state index in [1.54, 1.807) is 0 Å². The van der Waals surface area contributed by atoms with Gasteiger partial charge in [-0.05, 0) is 74.8 Å². The molecule has 0 aliphatic heterocycles. The summed E-state index contributed by atoms with van der Waals surface area (Å²) < 4.78 is 5.93. The van der Waals surface area contributed by atoms with E-state index in [1.807, 2.05) is 13.0 Å². The third-order valence-corrected chi connectivity index (χ3v) is 5.21. The Hall–Kier alpha value is -2.29. The monoisotopic (exact) mass is 351 g/mol. The Bertz CT molecular complexity index is 751. The highest BCUT2D eigenvalue weighted by molar-refractivity contribution is 5.81. The molecular formula is C23H29NO2. The van der Waals surface area contributed by atoms with Crippen LogP contribution in [0.4, 0.5) is 0 Å². The van der Waals surface area contributed by atoms with Crippen LogP contribution in [0.1, 0.15) is 61.4 Å². The molecule has 0 heterocycles. The molecule has 1 aliphatic carbocycles. The van der Waals surface area contributed by atoms with Gasteiger partial charge in [0, 0.05) is 0 Å². The van der Waals surface area contributed by atoms with E-state index in [4.69, 9.17) is 4.74 Å². The van der Waals surface area contributed by atoms with Gasteiger partial charge in [0.15, 0.2) is 6.10 Å². The van der Waals surface area contributed by atoms with Crippen molar-refractivity contribution in [3.05, 3.63) is 64.7 Å². The second-order valence-electron chi connectivity index (χ2n) is 7.28. The predicted molar refractivity (Wildman–Crippen MR) is 106 cm³/mol. The van der Waals surface area contributed by atoms with Gasteiger partial charge in [-0.25, -0.2) is 0 Å². The molecule has 3 rings (SSSR count). The van der Waals surface area contributed by atoms with Crippen LogP contribution in [0, 0.1) is 6.92 Å². The predicted octanol–water partition coefficient (Wildman–Crippen LogP) is 4.91. The van der Waals surface area contributed by atoms with Crippen LogP contribution < -0.4 is 10.1 Å². The summed E-state index contributed by atoms with van der Waals surface area (Å²) in [5.74, 6) is 0.715. The highest BCUT2D eigenvalue weighted by atomic mass is 16.5. The van der Waals surface area contributed by atoms with Gasteiger partial charge in [0.25, 0.3) is 5.91 Å². The van der Waals surface area contributed by atoms with Crippen LogP contribution in [0.3, 0.4) is 0 Å². The number of ether oxygens (including phenoxy) is 1. The molecule has 138 valence electrons. The molecule has 0 aromatic heterocycles. The van der Waals surface area contributed by atoms with Gasteiger partial charge in [-0.1, -0.05) is 42.8 Å². The van der Waals surface area contributed by atoms with E-state index < -0.39 is 6.10 Å². The first-order chi connectivity index (χ1) is 12.6. The van der Waals surface area contributed by atoms with Crippen molar-refractivity contribution < 1.29 is 9.53 Å². The summed E-state index contributed by atoms with van der Waals surface area (Å²) >= 11 is 0. The zero-order valence-corrected chi connectivity index (χ0v) is 16.0. The van der Waals surface area contributed by atoms with E-state index >= 15 is 0 Å². The van der Waals surface area contributed by atoms with Crippen molar-refractivity contribution in [3.63, 3.8) is 0 Å². The molecule has 3 nitrogen and oxygen atoms in total. The fraction of sp³-hybridized carbons (Fsp3) is 0.435. The number of carbonyl (C=O) groups is 1. The van der Waals surface area contributed by atoms with Crippen molar-refractivity contribution in [1.82, 2.24) is 5.32 Å². The number of carbonyl (C=O) groups excluding carboxylic acids is 1. The van der Waals surface area contributed by atoms with Gasteiger partial charge in [-0.15, -0.1) is 0 Å². The van der Waals surface area contributed by atoms with Crippen LogP contribution in [-0.2, 0) is 17.6 Å². The van der Waals surface area contributed by atoms with Gasteiger partial charge < -0.3 is 10.1 Å². The minimum absolute atomic E-state index is 0.0117. The fourth-order valence-electron chi connectivity index (χ4n) is 3.55. The summed E-state index contributed by atoms with van der Waals surface area (Å²) in [5, 5.41) is 3.12. The van der Waals surface area contributed by atoms with Crippen molar-refractivity contribution in [2.75, 3.05) is 0 Å². The van der Waals surface area contributed by atoms with Crippen LogP contribution in [0.5, 0.6) is 5.75 Å². The van der Waals surface area contributed by atoms with Crippen molar-refractivity contribution in [1.29, 1.82) is 0 Å². The molecule has 26 heavy (non-hydrogen) atoms. The SMILES string of the molecule is CC[C@@H](NC(=O)[C@@H](C)Oc1ccc2c(c1)CCCC2)c1ccc(C)cc1. The highest BCUT2D eigenvalue weighted by Gasteiger charge is 2.20. The number of benzene rings is 2. The van der Waals surface area contributed by atoms with Crippen molar-refractivity contribution in [3.8, 4) is 5.75 Å². The summed E-state index contributed by atoms with van der Waals surface area (Å²) in [7, 11) is 0. The second kappa shape index (κ2) is 8.39. The van der Waals surface area contributed by atoms with Crippen molar-refractivity contribution >= 4 is 5.91 Å². The molecule has 2 atom stereocenters. The zero-order chi connectivity index (χ0) is 18.5. The summed E-state index contributed by atoms with van der Waals surface area (Å²) in [6.07, 6.45) is 5.10. The summed E-state index contributed by atoms with van der Waals surface area (Å²) in [4.78, 5) is 12.6. The molecule has 0 saturated carbocycles. The third kappa shape index (κ3) is 4.46. The maximum absolute atomic E-state index is 12.6. The lowest BCUT2D eigenvalue weighted by molar-refractivity contribution is -0.128. The van der Waals surface area contributed by atoms with E-state index in [-0.39, 0.29) is 11.9 Å². The first-order valence-corrected chi connectivity index (χ1v) is 9.72. The molecule has 0 radical (unpaired) electrons. The van der Waals surface area contributed by atoms with Crippen LogP contribution >= 0.6 is 0 Å². The smallest absolute Gasteiger partial charge is 0.261 e. The molecule has 2 aromatic rings. The topological polar surface area (TPSA) is 38.3 Å². The number of amides is 1. The Morgan fingerprint density at radius 1 is 1.08 bits per heavy atom. The Labute approximate surface area is 156 Å². The van der Waals surface area contributed by atoms with E-state index in [2.05, 4.69) is 55.6 Å². The average molecular weight is 351 g/mol. The average Bonchev–Trinajstić information content (AvgIpc) is 2.66. The molecule has 0 fully saturated rings. The minimum atomic E-state index is -0.517. The lowest BCUT2D eigenvalue weighted by Gasteiger charge is -2.22. The van der Waals surface area contributed by atoms with Crippen LogP contribution in [-0.4, -0.2) is 12.0 Å². The number of nitrogens with one attached hydrogen (secondary N) is 1. The number of hydrogen-bond acceptors (Lipinski definition) is 2. The largest absolute Gasteiger partial charge is 0.481 e. The normalized spacial score (nSPS) is 15.7. The van der Waals surface area contributed by atoms with Gasteiger partial charge in [0.05, 0.1) is 6.04 Å². The van der Waals surface area contributed by atoms with E-state index in [0.29, 0.717) is 0 Å². The maximum atomic E-state index is 12.6. The molecule has 1 N–H and O–H groups in total. The molecule has 0 saturated heterocycles. The molecule has 0 bridgehead atoms. The quantitative estimate of drug-likeness (QED) is 0.803. The first kappa shape index (κ1) is 18.5. The first-order valence-electron chi connectivity index (χ1n) is 9.72. The van der Waals surface area contributed by atoms with Crippen LogP contribution in [0.2, 0.25) is 0 Å². The van der Waals surface area contributed by atoms with E-state index in [1.165, 1.54) is 29.5 Å². The molecule has 1 amide bonds. The Morgan fingerprint density at radius 2 is 1.77 bits per heavy atom. The summed E-state index contributed by atoms with van der Waals surface area (Å²) in [6.45, 7) is 5.97. The second-order valence-corrected chi connectivity index (χ2v) is 7.28. The maximum Gasteiger partial charge on any atom is 0.261 e. The Kier molecular flexibility index (Phi) is 5.97. The third-order valence-electron chi connectivity index (χ3n) is 5.21. The van der Waals surface area contributed by atoms with Crippen molar-refractivity contribution in [2.24, 2.45) is 0 Å². The molecular weight excluding hydrogens is 322 g/mol. The zero-order valence-electron chi connectivity index (χ0n) is 16.0. The highest BCUT2D eigenvalue weighted by Crippen LogP contribution is 2.26. The standard InChI is InChI=1S/C23H29NO2/c1-4-22(19-11-9-16(2)10-12-19)24-23(25)17(3)26-21-14-13-18-7-5-6-8-20(18)15-21/h9-15,17,22H,4-8H2,1-3H3,(H,24,25)/t17-,22-/m1/s1. The number of hydrogen-bond donors (Lipinski definition) is 1. The lowest BCUT2D eigenvalue weighted by atomic mass is 9.92. The Morgan fingerprint density at radius 3 is 2.46 bits per heavy atom. The van der Waals surface area contributed by atoms with Gasteiger partial charge in [0.1, 0.15) is 5.75 Å². The van der Waals surface area contributed by atoms with Gasteiger partial charge in [0.2, 0.25) is 0 Å². The van der Waals surface area contributed by atoms with Crippen molar-refractivity contribution in [2.45, 2.75) is 65.0 Å². The molecule has 1 aliphatic rings. The summed E-state index contributed by atoms with van der Waals surface area (Å²) in [5.41, 5.74) is 5.14. The number of rotatable bonds is 6. The molecule has 0 unspecified atom stereocenters. The number of aryl methyl sites for hydroxylation is 3. The van der Waals surface area contributed by atoms with Crippen LogP contribution in [0.25, 0.3) is 0 Å². The van der Waals surface area contributed by atoms with Gasteiger partial charge in [-0.3, -0.25) is 4.79 Å². The van der Waals surface area contributed by atoms with Gasteiger partial charge >= 0.3 is 0 Å². The molecule has 2 aromatic carbocycles. The summed E-state index contributed by atoms with van der Waals surface area (Å²) in [6, 6.07) is 14.6. The number of fused-ring (bicyclic) bond motifs is 1. The molecule has 0 spiro atoms. The Balaban J connectivity index is 1.62.